The molecule has 0 aliphatic carbocycles. The number of rotatable bonds is 7. The third kappa shape index (κ3) is 5.18. The van der Waals surface area contributed by atoms with Crippen LogP contribution in [-0.4, -0.2) is 18.2 Å². The third-order valence-corrected chi connectivity index (χ3v) is 7.12. The number of carbonyl (C=O) groups excluding carboxylic acids is 1. The van der Waals surface area contributed by atoms with Crippen LogP contribution in [0.4, 0.5) is 5.69 Å². The quantitative estimate of drug-likeness (QED) is 0.364. The fraction of sp³-hybridized carbons (Fsp3) is 0.192. The zero-order valence-electron chi connectivity index (χ0n) is 18.5. The molecule has 1 atom stereocenters. The summed E-state index contributed by atoms with van der Waals surface area (Å²) in [7, 11) is 0. The van der Waals surface area contributed by atoms with E-state index in [0.717, 1.165) is 45.0 Å². The lowest BCUT2D eigenvalue weighted by Gasteiger charge is -2.12. The lowest BCUT2D eigenvalue weighted by atomic mass is 10.1. The molecule has 2 aliphatic heterocycles. The highest BCUT2D eigenvalue weighted by atomic mass is 79.9. The molecule has 1 fully saturated rings. The largest absolute Gasteiger partial charge is 0.488 e. The van der Waals surface area contributed by atoms with E-state index in [-0.39, 0.29) is 18.2 Å². The van der Waals surface area contributed by atoms with E-state index in [0.29, 0.717) is 11.5 Å². The molecule has 0 spiro atoms. The number of carbonyl (C=O) groups is 1. The molecule has 2 heterocycles. The Morgan fingerprint density at radius 3 is 2.68 bits per heavy atom. The van der Waals surface area contributed by atoms with E-state index in [9.17, 15) is 4.79 Å². The van der Waals surface area contributed by atoms with E-state index in [2.05, 4.69) is 45.6 Å². The summed E-state index contributed by atoms with van der Waals surface area (Å²) in [6.45, 7) is 2.78. The Hall–Kier alpha value is -3.10. The molecular formula is C26H23BrN2O4S. The van der Waals surface area contributed by atoms with Crippen LogP contribution in [0.3, 0.4) is 0 Å². The number of amides is 1. The van der Waals surface area contributed by atoms with Crippen molar-refractivity contribution in [3.63, 3.8) is 0 Å². The Kier molecular flexibility index (Phi) is 6.69. The Balaban J connectivity index is 1.21. The average molecular weight is 539 g/mol. The number of thioether (sulfide) groups is 1. The van der Waals surface area contributed by atoms with Crippen LogP contribution in [0.15, 0.2) is 70.0 Å². The minimum Gasteiger partial charge on any atom is -0.488 e. The smallest absolute Gasteiger partial charge is 0.260 e. The predicted octanol–water partition coefficient (Wildman–Crippen LogP) is 5.92. The fourth-order valence-electron chi connectivity index (χ4n) is 3.62. The van der Waals surface area contributed by atoms with Crippen molar-refractivity contribution in [3.8, 4) is 17.2 Å². The second-order valence-electron chi connectivity index (χ2n) is 7.84. The topological polar surface area (TPSA) is 68.8 Å². The summed E-state index contributed by atoms with van der Waals surface area (Å²) >= 11 is 5.05. The highest BCUT2D eigenvalue weighted by molar-refractivity contribution is 9.10. The number of benzene rings is 3. The first-order chi connectivity index (χ1) is 16.6. The molecule has 1 saturated heterocycles. The summed E-state index contributed by atoms with van der Waals surface area (Å²) in [5.41, 5.74) is 3.95. The van der Waals surface area contributed by atoms with Gasteiger partial charge in [0.05, 0.1) is 9.38 Å². The number of ether oxygens (including phenoxy) is 3. The Morgan fingerprint density at radius 2 is 1.88 bits per heavy atom. The maximum Gasteiger partial charge on any atom is 0.260 e. The molecule has 1 amide bonds. The molecule has 0 saturated carbocycles. The van der Waals surface area contributed by atoms with E-state index in [4.69, 9.17) is 14.2 Å². The van der Waals surface area contributed by atoms with Gasteiger partial charge < -0.3 is 24.8 Å². The van der Waals surface area contributed by atoms with Crippen LogP contribution in [0.25, 0.3) is 6.08 Å². The lowest BCUT2D eigenvalue weighted by molar-refractivity contribution is -0.116. The van der Waals surface area contributed by atoms with E-state index in [1.54, 1.807) is 0 Å². The zero-order valence-corrected chi connectivity index (χ0v) is 20.9. The Labute approximate surface area is 210 Å². The first-order valence-electron chi connectivity index (χ1n) is 10.9. The number of hydrogen-bond donors (Lipinski definition) is 2. The monoisotopic (exact) mass is 538 g/mol. The molecule has 2 aliphatic rings. The molecule has 34 heavy (non-hydrogen) atoms. The molecule has 3 aromatic rings. The standard InChI is InChI=1S/C26H23BrN2O4S/c1-2-16-3-7-19(8-4-16)28-26-29-25(30)24(34-26)13-17-5-9-21(20(27)11-17)31-14-18-6-10-22-23(12-18)33-15-32-22/h3-13,26,28H,2,14-15H2,1H3,(H,29,30)/b24-13-/t26-/m0/s1. The average Bonchev–Trinajstić information content (AvgIpc) is 3.44. The van der Waals surface area contributed by atoms with Crippen molar-refractivity contribution in [2.75, 3.05) is 12.1 Å². The second kappa shape index (κ2) is 10.0. The van der Waals surface area contributed by atoms with Crippen molar-refractivity contribution in [2.45, 2.75) is 25.4 Å². The van der Waals surface area contributed by atoms with Crippen LogP contribution >= 0.6 is 27.7 Å². The molecule has 3 aromatic carbocycles. The third-order valence-electron chi connectivity index (χ3n) is 5.48. The number of nitrogens with one attached hydrogen (secondary N) is 2. The zero-order chi connectivity index (χ0) is 23.5. The van der Waals surface area contributed by atoms with Gasteiger partial charge in [-0.15, -0.1) is 0 Å². The molecule has 8 heteroatoms. The first-order valence-corrected chi connectivity index (χ1v) is 12.6. The van der Waals surface area contributed by atoms with Crippen molar-refractivity contribution in [3.05, 3.63) is 86.7 Å². The van der Waals surface area contributed by atoms with Crippen molar-refractivity contribution in [1.29, 1.82) is 0 Å². The number of hydrogen-bond acceptors (Lipinski definition) is 6. The van der Waals surface area contributed by atoms with Gasteiger partial charge in [0.15, 0.2) is 17.0 Å². The van der Waals surface area contributed by atoms with Gasteiger partial charge in [-0.3, -0.25) is 4.79 Å². The number of aryl methyl sites for hydroxylation is 1. The maximum atomic E-state index is 12.5. The summed E-state index contributed by atoms with van der Waals surface area (Å²) in [4.78, 5) is 13.1. The normalized spacial score (nSPS) is 17.6. The molecule has 6 nitrogen and oxygen atoms in total. The van der Waals surface area contributed by atoms with Gasteiger partial charge in [0.2, 0.25) is 6.79 Å². The van der Waals surface area contributed by atoms with Crippen LogP contribution in [0.2, 0.25) is 0 Å². The van der Waals surface area contributed by atoms with Crippen molar-refractivity contribution in [2.24, 2.45) is 0 Å². The summed E-state index contributed by atoms with van der Waals surface area (Å²) in [5.74, 6) is 2.12. The van der Waals surface area contributed by atoms with Gasteiger partial charge in [0, 0.05) is 5.69 Å². The van der Waals surface area contributed by atoms with Gasteiger partial charge in [-0.25, -0.2) is 0 Å². The Morgan fingerprint density at radius 1 is 1.09 bits per heavy atom. The summed E-state index contributed by atoms with van der Waals surface area (Å²) in [5, 5.41) is 6.32. The molecular weight excluding hydrogens is 516 g/mol. The van der Waals surface area contributed by atoms with Crippen LogP contribution in [-0.2, 0) is 17.8 Å². The molecule has 174 valence electrons. The summed E-state index contributed by atoms with van der Waals surface area (Å²) in [6, 6.07) is 19.8. The lowest BCUT2D eigenvalue weighted by Crippen LogP contribution is -2.30. The number of halogens is 1. The van der Waals surface area contributed by atoms with Crippen LogP contribution in [0.5, 0.6) is 17.2 Å². The molecule has 2 N–H and O–H groups in total. The fourth-order valence-corrected chi connectivity index (χ4v) is 5.12. The van der Waals surface area contributed by atoms with Gasteiger partial charge in [-0.1, -0.05) is 43.0 Å². The van der Waals surface area contributed by atoms with Gasteiger partial charge in [0.25, 0.3) is 5.91 Å². The van der Waals surface area contributed by atoms with E-state index in [1.165, 1.54) is 17.3 Å². The second-order valence-corrected chi connectivity index (χ2v) is 9.84. The summed E-state index contributed by atoms with van der Waals surface area (Å²) in [6.07, 6.45) is 2.88. The Bertz CT molecular complexity index is 1250. The molecule has 0 radical (unpaired) electrons. The highest BCUT2D eigenvalue weighted by Crippen LogP contribution is 2.35. The SMILES string of the molecule is CCc1ccc(N[C@H]2NC(=O)/C(=C/c3ccc(OCc4ccc5c(c4)OCO5)c(Br)c3)S2)cc1. The molecule has 5 rings (SSSR count). The van der Waals surface area contributed by atoms with Crippen molar-refractivity contribution < 1.29 is 19.0 Å². The number of fused-ring (bicyclic) bond motifs is 1. The number of anilines is 1. The van der Waals surface area contributed by atoms with Crippen LogP contribution in [0, 0.1) is 0 Å². The molecule has 0 bridgehead atoms. The van der Waals surface area contributed by atoms with Crippen LogP contribution in [0.1, 0.15) is 23.6 Å². The first kappa shape index (κ1) is 22.7. The highest BCUT2D eigenvalue weighted by Gasteiger charge is 2.27. The van der Waals surface area contributed by atoms with Gasteiger partial charge in [-0.2, -0.15) is 0 Å². The predicted molar refractivity (Wildman–Crippen MR) is 138 cm³/mol. The molecule has 0 unspecified atom stereocenters. The van der Waals surface area contributed by atoms with Crippen molar-refractivity contribution in [1.82, 2.24) is 5.32 Å². The molecule has 0 aromatic heterocycles. The van der Waals surface area contributed by atoms with Crippen molar-refractivity contribution >= 4 is 45.4 Å². The van der Waals surface area contributed by atoms with E-state index >= 15 is 0 Å². The minimum atomic E-state index is -0.209. The van der Waals surface area contributed by atoms with Gasteiger partial charge in [0.1, 0.15) is 12.4 Å². The van der Waals surface area contributed by atoms with E-state index in [1.807, 2.05) is 54.6 Å². The van der Waals surface area contributed by atoms with Gasteiger partial charge in [-0.05, 0) is 81.5 Å². The summed E-state index contributed by atoms with van der Waals surface area (Å²) < 4.78 is 17.6. The minimum absolute atomic E-state index is 0.0908. The van der Waals surface area contributed by atoms with Gasteiger partial charge >= 0.3 is 0 Å². The van der Waals surface area contributed by atoms with Crippen LogP contribution < -0.4 is 24.8 Å². The van der Waals surface area contributed by atoms with E-state index < -0.39 is 0 Å². The maximum absolute atomic E-state index is 12.5.